The molecule has 2 aliphatic rings. The fourth-order valence-corrected chi connectivity index (χ4v) is 8.08. The van der Waals surface area contributed by atoms with Crippen LogP contribution in [0.25, 0.3) is 67.0 Å². The number of hydrogen-bond acceptors (Lipinski definition) is 3. The van der Waals surface area contributed by atoms with Crippen LogP contribution in [0.2, 0.25) is 0 Å². The van der Waals surface area contributed by atoms with Gasteiger partial charge in [0.2, 0.25) is 0 Å². The van der Waals surface area contributed by atoms with Gasteiger partial charge in [0.05, 0.1) is 11.4 Å². The lowest BCUT2D eigenvalue weighted by Gasteiger charge is -2.26. The van der Waals surface area contributed by atoms with Crippen molar-refractivity contribution in [1.29, 1.82) is 0 Å². The highest BCUT2D eigenvalue weighted by molar-refractivity contribution is 5.90. The van der Waals surface area contributed by atoms with Crippen LogP contribution in [-0.2, 0) is 5.41 Å². The van der Waals surface area contributed by atoms with Crippen molar-refractivity contribution in [2.45, 2.75) is 19.3 Å². The molecule has 1 aliphatic carbocycles. The van der Waals surface area contributed by atoms with Gasteiger partial charge in [0.15, 0.2) is 23.0 Å². The van der Waals surface area contributed by atoms with Gasteiger partial charge in [-0.15, -0.1) is 0 Å². The highest BCUT2D eigenvalue weighted by Gasteiger charge is 2.39. The summed E-state index contributed by atoms with van der Waals surface area (Å²) in [5.74, 6) is 2.98. The predicted octanol–water partition coefficient (Wildman–Crippen LogP) is 13.6. The molecular formula is C50H35NO2. The number of hydrogen-bond donors (Lipinski definition) is 0. The van der Waals surface area contributed by atoms with E-state index in [2.05, 4.69) is 172 Å². The summed E-state index contributed by atoms with van der Waals surface area (Å²) in [6, 6.07) is 61.6. The van der Waals surface area contributed by atoms with E-state index in [-0.39, 0.29) is 5.41 Å². The predicted molar refractivity (Wildman–Crippen MR) is 216 cm³/mol. The Balaban J connectivity index is 1.05. The lowest BCUT2D eigenvalue weighted by Crippen LogP contribution is -2.15. The van der Waals surface area contributed by atoms with Crippen molar-refractivity contribution in [3.8, 4) is 90.0 Å². The Morgan fingerprint density at radius 3 is 1.74 bits per heavy atom. The Labute approximate surface area is 309 Å². The van der Waals surface area contributed by atoms with E-state index in [1.54, 1.807) is 0 Å². The molecule has 1 aromatic heterocycles. The molecule has 252 valence electrons. The third-order valence-electron chi connectivity index (χ3n) is 10.8. The molecule has 0 radical (unpaired) electrons. The van der Waals surface area contributed by atoms with Crippen molar-refractivity contribution in [3.05, 3.63) is 187 Å². The van der Waals surface area contributed by atoms with Crippen LogP contribution >= 0.6 is 0 Å². The summed E-state index contributed by atoms with van der Waals surface area (Å²) in [6.45, 7) is 4.57. The first-order valence-corrected chi connectivity index (χ1v) is 18.1. The number of nitrogens with zero attached hydrogens (tertiary/aromatic N) is 1. The van der Waals surface area contributed by atoms with Crippen LogP contribution in [0.1, 0.15) is 25.0 Å². The molecular weight excluding hydrogens is 647 g/mol. The quantitative estimate of drug-likeness (QED) is 0.181. The Morgan fingerprint density at radius 1 is 0.377 bits per heavy atom. The van der Waals surface area contributed by atoms with E-state index < -0.39 is 0 Å². The van der Waals surface area contributed by atoms with Gasteiger partial charge in [0.25, 0.3) is 0 Å². The lowest BCUT2D eigenvalue weighted by molar-refractivity contribution is 0.361. The van der Waals surface area contributed by atoms with Crippen LogP contribution in [0.4, 0.5) is 0 Å². The van der Waals surface area contributed by atoms with Crippen LogP contribution in [0.5, 0.6) is 23.0 Å². The van der Waals surface area contributed by atoms with Crippen molar-refractivity contribution in [3.63, 3.8) is 0 Å². The molecule has 0 saturated carbocycles. The number of pyridine rings is 1. The van der Waals surface area contributed by atoms with E-state index in [4.69, 9.17) is 14.5 Å². The fraction of sp³-hybridized carbons (Fsp3) is 0.0600. The second-order valence-electron chi connectivity index (χ2n) is 14.3. The molecule has 53 heavy (non-hydrogen) atoms. The topological polar surface area (TPSA) is 31.4 Å². The zero-order valence-electron chi connectivity index (χ0n) is 29.5. The van der Waals surface area contributed by atoms with Gasteiger partial charge in [-0.2, -0.15) is 0 Å². The van der Waals surface area contributed by atoms with Crippen molar-refractivity contribution >= 4 is 0 Å². The summed E-state index contributed by atoms with van der Waals surface area (Å²) in [4.78, 5) is 5.23. The van der Waals surface area contributed by atoms with Crippen LogP contribution < -0.4 is 9.47 Å². The largest absolute Gasteiger partial charge is 0.449 e. The first-order valence-electron chi connectivity index (χ1n) is 18.1. The molecule has 0 atom stereocenters. The molecule has 0 fully saturated rings. The summed E-state index contributed by atoms with van der Waals surface area (Å²) < 4.78 is 13.5. The van der Waals surface area contributed by atoms with E-state index in [1.165, 1.54) is 22.3 Å². The molecule has 8 aromatic rings. The molecule has 3 heteroatoms. The fourth-order valence-electron chi connectivity index (χ4n) is 8.08. The molecule has 0 spiro atoms. The van der Waals surface area contributed by atoms with E-state index in [1.807, 2.05) is 18.2 Å². The molecule has 10 rings (SSSR count). The Hall–Kier alpha value is -6.71. The lowest BCUT2D eigenvalue weighted by atomic mass is 9.82. The molecule has 0 amide bonds. The number of benzene rings is 7. The van der Waals surface area contributed by atoms with E-state index >= 15 is 0 Å². The van der Waals surface area contributed by atoms with Crippen molar-refractivity contribution in [1.82, 2.24) is 4.98 Å². The molecule has 0 unspecified atom stereocenters. The van der Waals surface area contributed by atoms with Crippen molar-refractivity contribution in [2.75, 3.05) is 0 Å². The smallest absolute Gasteiger partial charge is 0.178 e. The van der Waals surface area contributed by atoms with Gasteiger partial charge in [-0.05, 0) is 68.8 Å². The van der Waals surface area contributed by atoms with Gasteiger partial charge in [-0.3, -0.25) is 0 Å². The second-order valence-corrected chi connectivity index (χ2v) is 14.3. The molecule has 0 bridgehead atoms. The van der Waals surface area contributed by atoms with Gasteiger partial charge in [0, 0.05) is 27.7 Å². The van der Waals surface area contributed by atoms with Crippen LogP contribution in [0.15, 0.2) is 176 Å². The molecule has 0 saturated heterocycles. The highest BCUT2D eigenvalue weighted by Crippen LogP contribution is 2.59. The van der Waals surface area contributed by atoms with Gasteiger partial charge in [-0.1, -0.05) is 166 Å². The Bertz CT molecular complexity index is 2680. The monoisotopic (exact) mass is 681 g/mol. The third kappa shape index (κ3) is 5.16. The average Bonchev–Trinajstić information content (AvgIpc) is 3.46. The van der Waals surface area contributed by atoms with E-state index in [9.17, 15) is 0 Å². The van der Waals surface area contributed by atoms with E-state index in [0.717, 1.165) is 73.1 Å². The normalized spacial score (nSPS) is 13.2. The zero-order chi connectivity index (χ0) is 35.5. The van der Waals surface area contributed by atoms with Crippen molar-refractivity contribution in [2.24, 2.45) is 0 Å². The summed E-state index contributed by atoms with van der Waals surface area (Å²) in [5.41, 5.74) is 15.4. The first-order chi connectivity index (χ1) is 26.0. The second kappa shape index (κ2) is 12.2. The van der Waals surface area contributed by atoms with Gasteiger partial charge in [0.1, 0.15) is 0 Å². The zero-order valence-corrected chi connectivity index (χ0v) is 29.5. The third-order valence-corrected chi connectivity index (χ3v) is 10.8. The van der Waals surface area contributed by atoms with Crippen LogP contribution in [-0.4, -0.2) is 4.98 Å². The minimum atomic E-state index is -0.128. The van der Waals surface area contributed by atoms with E-state index in [0.29, 0.717) is 5.75 Å². The maximum atomic E-state index is 6.91. The SMILES string of the molecule is CC1(C)c2ccccc2-c2c1ccc1c2Oc2c(cccc2-c2ccc(-c3cc(-c4ccccc4)nc(-c4ccccc4-c4ccccc4)c3)cc2)O1. The average molecular weight is 682 g/mol. The van der Waals surface area contributed by atoms with Crippen LogP contribution in [0, 0.1) is 0 Å². The summed E-state index contributed by atoms with van der Waals surface area (Å²) >= 11 is 0. The standard InChI is InChI=1S/C50H35NO2/c1-50(2)41-22-12-11-20-40(41)47-42(50)28-29-46-49(47)53-48-38(21-13-23-45(48)52-46)34-26-24-32(25-27-34)36-30-43(35-16-7-4-8-17-35)51-44(31-36)39-19-10-9-18-37(39)33-14-5-3-6-15-33/h3-31H,1-2H3. The minimum Gasteiger partial charge on any atom is -0.449 e. The molecule has 3 nitrogen and oxygen atoms in total. The first kappa shape index (κ1) is 31.1. The van der Waals surface area contributed by atoms with Crippen LogP contribution in [0.3, 0.4) is 0 Å². The molecule has 2 heterocycles. The minimum absolute atomic E-state index is 0.128. The summed E-state index contributed by atoms with van der Waals surface area (Å²) in [7, 11) is 0. The van der Waals surface area contributed by atoms with Gasteiger partial charge >= 0.3 is 0 Å². The summed E-state index contributed by atoms with van der Waals surface area (Å²) in [6.07, 6.45) is 0. The Morgan fingerprint density at radius 2 is 0.962 bits per heavy atom. The molecule has 7 aromatic carbocycles. The number of para-hydroxylation sites is 1. The Kier molecular flexibility index (Phi) is 7.16. The summed E-state index contributed by atoms with van der Waals surface area (Å²) in [5, 5.41) is 0. The molecule has 1 aliphatic heterocycles. The number of fused-ring (bicyclic) bond motifs is 6. The van der Waals surface area contributed by atoms with Gasteiger partial charge in [-0.25, -0.2) is 4.98 Å². The maximum Gasteiger partial charge on any atom is 0.178 e. The molecule has 0 N–H and O–H groups in total. The maximum absolute atomic E-state index is 6.91. The van der Waals surface area contributed by atoms with Gasteiger partial charge < -0.3 is 9.47 Å². The van der Waals surface area contributed by atoms with Crippen molar-refractivity contribution < 1.29 is 9.47 Å². The number of ether oxygens (including phenoxy) is 2. The number of aromatic nitrogens is 1. The number of rotatable bonds is 5. The highest BCUT2D eigenvalue weighted by atomic mass is 16.6.